The highest BCUT2D eigenvalue weighted by molar-refractivity contribution is 5.81. The molecule has 174 valence electrons. The van der Waals surface area contributed by atoms with Crippen molar-refractivity contribution in [1.82, 2.24) is 23.6 Å². The summed E-state index contributed by atoms with van der Waals surface area (Å²) in [7, 11) is 3.09. The van der Waals surface area contributed by atoms with Crippen molar-refractivity contribution in [3.05, 3.63) is 56.7 Å². The van der Waals surface area contributed by atoms with E-state index >= 15 is 0 Å². The zero-order valence-corrected chi connectivity index (χ0v) is 19.1. The van der Waals surface area contributed by atoms with Crippen LogP contribution in [0.3, 0.4) is 0 Å². The molecule has 3 heterocycles. The minimum atomic E-state index is -0.418. The van der Waals surface area contributed by atoms with E-state index in [4.69, 9.17) is 4.74 Å². The van der Waals surface area contributed by atoms with E-state index in [2.05, 4.69) is 4.98 Å². The topological polar surface area (TPSA) is 91.4 Å². The molecule has 1 saturated heterocycles. The summed E-state index contributed by atoms with van der Waals surface area (Å²) < 4.78 is 10.6. The zero-order valence-electron chi connectivity index (χ0n) is 19.1. The largest absolute Gasteiger partial charge is 0.461 e. The van der Waals surface area contributed by atoms with Gasteiger partial charge in [-0.2, -0.15) is 4.98 Å². The molecule has 0 N–H and O–H groups in total. The summed E-state index contributed by atoms with van der Waals surface area (Å²) in [5.41, 5.74) is 1.03. The number of benzene rings is 1. The minimum Gasteiger partial charge on any atom is -0.461 e. The van der Waals surface area contributed by atoms with E-state index in [1.165, 1.54) is 11.6 Å². The lowest BCUT2D eigenvalue weighted by Crippen LogP contribution is -2.42. The number of hydrogen-bond acceptors (Lipinski definition) is 5. The molecule has 1 aliphatic heterocycles. The predicted molar refractivity (Wildman–Crippen MR) is 123 cm³/mol. The van der Waals surface area contributed by atoms with Crippen molar-refractivity contribution >= 4 is 17.1 Å². The number of hydrogen-bond donors (Lipinski definition) is 0. The maximum Gasteiger partial charge on any atom is 0.332 e. The Morgan fingerprint density at radius 3 is 2.39 bits per heavy atom. The van der Waals surface area contributed by atoms with Crippen molar-refractivity contribution in [2.75, 3.05) is 13.1 Å². The maximum atomic E-state index is 13.0. The minimum absolute atomic E-state index is 0.0959. The molecule has 1 aromatic carbocycles. The van der Waals surface area contributed by atoms with Gasteiger partial charge >= 0.3 is 5.69 Å². The fourth-order valence-corrected chi connectivity index (χ4v) is 4.54. The van der Waals surface area contributed by atoms with Crippen molar-refractivity contribution < 1.29 is 9.53 Å². The van der Waals surface area contributed by atoms with Gasteiger partial charge in [-0.15, -0.1) is 0 Å². The van der Waals surface area contributed by atoms with E-state index in [1.54, 1.807) is 11.6 Å². The van der Waals surface area contributed by atoms with Crippen LogP contribution < -0.4 is 16.0 Å². The molecule has 2 aliphatic rings. The number of carbonyl (C=O) groups is 1. The summed E-state index contributed by atoms with van der Waals surface area (Å²) in [5.74, 6) is 0.490. The van der Waals surface area contributed by atoms with Crippen molar-refractivity contribution in [3.63, 3.8) is 0 Å². The highest BCUT2D eigenvalue weighted by Crippen LogP contribution is 2.32. The zero-order chi connectivity index (χ0) is 23.1. The molecule has 0 spiro atoms. The third-order valence-corrected chi connectivity index (χ3v) is 6.73. The molecule has 1 amide bonds. The van der Waals surface area contributed by atoms with Crippen molar-refractivity contribution in [2.45, 2.75) is 44.8 Å². The van der Waals surface area contributed by atoms with Crippen LogP contribution in [0.2, 0.25) is 0 Å². The third-order valence-electron chi connectivity index (χ3n) is 6.73. The Labute approximate surface area is 191 Å². The fourth-order valence-electron chi connectivity index (χ4n) is 4.54. The highest BCUT2D eigenvalue weighted by atomic mass is 16.5. The van der Waals surface area contributed by atoms with Crippen LogP contribution in [0, 0.1) is 5.92 Å². The second kappa shape index (κ2) is 8.53. The molecule has 0 radical (unpaired) electrons. The number of rotatable bonds is 6. The van der Waals surface area contributed by atoms with E-state index in [9.17, 15) is 14.4 Å². The molecule has 9 heteroatoms. The Morgan fingerprint density at radius 2 is 1.73 bits per heavy atom. The second-order valence-electron chi connectivity index (χ2n) is 9.08. The lowest BCUT2D eigenvalue weighted by molar-refractivity contribution is -0.134. The number of amides is 1. The van der Waals surface area contributed by atoms with Crippen LogP contribution in [-0.4, -0.2) is 48.7 Å². The number of aryl methyl sites for hydroxylation is 3. The Morgan fingerprint density at radius 1 is 1.03 bits per heavy atom. The Bertz CT molecular complexity index is 1290. The van der Waals surface area contributed by atoms with Crippen molar-refractivity contribution in [1.29, 1.82) is 0 Å². The Balaban J connectivity index is 1.43. The van der Waals surface area contributed by atoms with Gasteiger partial charge in [0.15, 0.2) is 11.2 Å². The number of aromatic nitrogens is 4. The molecule has 5 rings (SSSR count). The molecule has 2 aromatic heterocycles. The summed E-state index contributed by atoms with van der Waals surface area (Å²) in [6, 6.07) is 10.4. The number of piperidine rings is 1. The first-order valence-electron chi connectivity index (χ1n) is 11.6. The van der Waals surface area contributed by atoms with Gasteiger partial charge in [0.2, 0.25) is 5.91 Å². The van der Waals surface area contributed by atoms with E-state index in [-0.39, 0.29) is 23.5 Å². The first kappa shape index (κ1) is 21.5. The first-order valence-corrected chi connectivity index (χ1v) is 11.6. The number of fused-ring (bicyclic) bond motifs is 1. The molecule has 9 nitrogen and oxygen atoms in total. The highest BCUT2D eigenvalue weighted by Gasteiger charge is 2.35. The predicted octanol–water partition coefficient (Wildman–Crippen LogP) is 1.46. The van der Waals surface area contributed by atoms with Gasteiger partial charge in [-0.25, -0.2) is 4.79 Å². The maximum absolute atomic E-state index is 13.0. The molecule has 0 atom stereocenters. The van der Waals surface area contributed by atoms with Crippen LogP contribution in [0.4, 0.5) is 0 Å². The SMILES string of the molecule is Cn1c(=O)c2c(nc(OC3CCN(C(=O)C4CC4)CC3)n2CCc2ccccc2)n(C)c1=O. The smallest absolute Gasteiger partial charge is 0.332 e. The normalized spacial score (nSPS) is 17.0. The summed E-state index contributed by atoms with van der Waals surface area (Å²) in [6.45, 7) is 1.84. The standard InChI is InChI=1S/C24H29N5O4/c1-26-20-19(22(31)27(2)24(26)32)29(15-10-16-6-4-3-5-7-16)23(25-20)33-18-11-13-28(14-12-18)21(30)17-8-9-17/h3-7,17-18H,8-15H2,1-2H3. The fraction of sp³-hybridized carbons (Fsp3) is 0.500. The number of nitrogens with zero attached hydrogens (tertiary/aromatic N) is 5. The molecular formula is C24H29N5O4. The van der Waals surface area contributed by atoms with Crippen molar-refractivity contribution in [3.8, 4) is 6.01 Å². The summed E-state index contributed by atoms with van der Waals surface area (Å²) in [5, 5.41) is 0. The van der Waals surface area contributed by atoms with E-state index < -0.39 is 5.69 Å². The van der Waals surface area contributed by atoms with Crippen LogP contribution >= 0.6 is 0 Å². The molecule has 2 fully saturated rings. The van der Waals surface area contributed by atoms with Crippen LogP contribution in [0.1, 0.15) is 31.2 Å². The van der Waals surface area contributed by atoms with Gasteiger partial charge in [-0.1, -0.05) is 30.3 Å². The average molecular weight is 452 g/mol. The first-order chi connectivity index (χ1) is 15.9. The van der Waals surface area contributed by atoms with Gasteiger partial charge in [0.1, 0.15) is 6.10 Å². The lowest BCUT2D eigenvalue weighted by atomic mass is 10.1. The van der Waals surface area contributed by atoms with Gasteiger partial charge in [0.25, 0.3) is 11.6 Å². The molecule has 1 saturated carbocycles. The summed E-state index contributed by atoms with van der Waals surface area (Å²) >= 11 is 0. The lowest BCUT2D eigenvalue weighted by Gasteiger charge is -2.32. The summed E-state index contributed by atoms with van der Waals surface area (Å²) in [6.07, 6.45) is 4.06. The van der Waals surface area contributed by atoms with Crippen LogP contribution in [0.15, 0.2) is 39.9 Å². The number of ether oxygens (including phenoxy) is 1. The molecule has 1 aliphatic carbocycles. The van der Waals surface area contributed by atoms with Crippen LogP contribution in [0.25, 0.3) is 11.2 Å². The molecule has 0 bridgehead atoms. The Kier molecular flexibility index (Phi) is 5.55. The third kappa shape index (κ3) is 4.07. The van der Waals surface area contributed by atoms with Gasteiger partial charge in [0.05, 0.1) is 0 Å². The van der Waals surface area contributed by atoms with Crippen molar-refractivity contribution in [2.24, 2.45) is 20.0 Å². The monoisotopic (exact) mass is 451 g/mol. The number of carbonyl (C=O) groups excluding carboxylic acids is 1. The van der Waals surface area contributed by atoms with Gasteiger partial charge in [-0.05, 0) is 24.8 Å². The number of likely N-dealkylation sites (tertiary alicyclic amines) is 1. The van der Waals surface area contributed by atoms with Gasteiger partial charge in [0, 0.05) is 52.5 Å². The van der Waals surface area contributed by atoms with Crippen LogP contribution in [0.5, 0.6) is 6.01 Å². The van der Waals surface area contributed by atoms with E-state index in [0.29, 0.717) is 43.2 Å². The van der Waals surface area contributed by atoms with Gasteiger partial charge in [-0.3, -0.25) is 23.3 Å². The average Bonchev–Trinajstić information content (AvgIpc) is 3.63. The molecule has 3 aromatic rings. The molecular weight excluding hydrogens is 422 g/mol. The quantitative estimate of drug-likeness (QED) is 0.566. The van der Waals surface area contributed by atoms with Gasteiger partial charge < -0.3 is 9.64 Å². The number of imidazole rings is 1. The molecule has 0 unspecified atom stereocenters. The Hall–Kier alpha value is -3.36. The molecule has 33 heavy (non-hydrogen) atoms. The van der Waals surface area contributed by atoms with Crippen LogP contribution in [-0.2, 0) is 31.9 Å². The summed E-state index contributed by atoms with van der Waals surface area (Å²) in [4.78, 5) is 44.3. The van der Waals surface area contributed by atoms with E-state index in [1.807, 2.05) is 35.2 Å². The second-order valence-corrected chi connectivity index (χ2v) is 9.08. The van der Waals surface area contributed by atoms with E-state index in [0.717, 1.165) is 35.8 Å².